The van der Waals surface area contributed by atoms with Crippen LogP contribution in [0.2, 0.25) is 0 Å². The first-order valence-electron chi connectivity index (χ1n) is 5.87. The van der Waals surface area contributed by atoms with E-state index in [1.54, 1.807) is 0 Å². The average molecular weight is 257 g/mol. The molecular weight excluding hydrogens is 242 g/mol. The molecule has 0 heterocycles. The number of hydroxylamine groups is 1. The lowest BCUT2D eigenvalue weighted by Crippen LogP contribution is -2.38. The van der Waals surface area contributed by atoms with Crippen molar-refractivity contribution in [2.45, 2.75) is 6.61 Å². The van der Waals surface area contributed by atoms with Gasteiger partial charge in [-0.3, -0.25) is 10.3 Å². The second kappa shape index (κ2) is 7.03. The molecule has 5 heteroatoms. The van der Waals surface area contributed by atoms with Gasteiger partial charge in [0.05, 0.1) is 12.3 Å². The summed E-state index contributed by atoms with van der Waals surface area (Å²) in [5.41, 5.74) is 9.28. The molecule has 0 fully saturated rings. The number of carbonyl (C=O) groups excluding carboxylic acids is 1. The van der Waals surface area contributed by atoms with Gasteiger partial charge in [0.15, 0.2) is 0 Å². The van der Waals surface area contributed by atoms with E-state index in [0.29, 0.717) is 6.61 Å². The monoisotopic (exact) mass is 257 g/mol. The number of anilines is 1. The largest absolute Gasteiger partial charge is 0.357 e. The number of benzene rings is 2. The van der Waals surface area contributed by atoms with Crippen LogP contribution in [0, 0.1) is 0 Å². The fraction of sp³-hybridized carbons (Fsp3) is 0.0714. The van der Waals surface area contributed by atoms with Crippen LogP contribution in [0.1, 0.15) is 5.56 Å². The summed E-state index contributed by atoms with van der Waals surface area (Å²) >= 11 is 0. The first kappa shape index (κ1) is 12.9. The number of nitrogens with one attached hydrogen (secondary N) is 3. The lowest BCUT2D eigenvalue weighted by atomic mass is 10.2. The van der Waals surface area contributed by atoms with Crippen molar-refractivity contribution in [2.75, 3.05) is 5.43 Å². The van der Waals surface area contributed by atoms with Crippen molar-refractivity contribution < 1.29 is 9.63 Å². The fourth-order valence-corrected chi connectivity index (χ4v) is 1.44. The number of rotatable bonds is 5. The van der Waals surface area contributed by atoms with E-state index in [1.165, 1.54) is 0 Å². The highest BCUT2D eigenvalue weighted by Crippen LogP contribution is 2.02. The summed E-state index contributed by atoms with van der Waals surface area (Å²) in [5.74, 6) is 0. The van der Waals surface area contributed by atoms with Crippen LogP contribution in [0.25, 0.3) is 0 Å². The van der Waals surface area contributed by atoms with Gasteiger partial charge in [0.1, 0.15) is 0 Å². The van der Waals surface area contributed by atoms with Crippen molar-refractivity contribution >= 4 is 11.7 Å². The summed E-state index contributed by atoms with van der Waals surface area (Å²) in [7, 11) is 0. The minimum atomic E-state index is -0.459. The third-order valence-corrected chi connectivity index (χ3v) is 2.34. The van der Waals surface area contributed by atoms with Gasteiger partial charge in [-0.2, -0.15) is 0 Å². The zero-order chi connectivity index (χ0) is 13.3. The van der Waals surface area contributed by atoms with Crippen LogP contribution in [0.5, 0.6) is 0 Å². The number of hydrogen-bond donors (Lipinski definition) is 3. The topological polar surface area (TPSA) is 62.4 Å². The molecule has 5 nitrogen and oxygen atoms in total. The molecule has 0 unspecified atom stereocenters. The van der Waals surface area contributed by atoms with Gasteiger partial charge in [-0.1, -0.05) is 48.5 Å². The number of para-hydroxylation sites is 1. The number of amides is 2. The van der Waals surface area contributed by atoms with Crippen LogP contribution >= 0.6 is 0 Å². The summed E-state index contributed by atoms with van der Waals surface area (Å²) in [5, 5.41) is 0. The highest BCUT2D eigenvalue weighted by molar-refractivity contribution is 5.74. The molecule has 2 amide bonds. The standard InChI is InChI=1S/C14H15N3O2/c18-14(16-15-13-9-5-2-6-10-13)17-19-11-12-7-3-1-4-8-12/h1-10,15H,11H2,(H2,16,17,18). The number of carbonyl (C=O) groups is 1. The van der Waals surface area contributed by atoms with Gasteiger partial charge in [0.25, 0.3) is 0 Å². The van der Waals surface area contributed by atoms with Crippen molar-refractivity contribution in [1.29, 1.82) is 0 Å². The van der Waals surface area contributed by atoms with E-state index in [1.807, 2.05) is 60.7 Å². The molecule has 3 N–H and O–H groups in total. The molecule has 0 saturated heterocycles. The van der Waals surface area contributed by atoms with Crippen molar-refractivity contribution in [2.24, 2.45) is 0 Å². The molecule has 19 heavy (non-hydrogen) atoms. The Morgan fingerprint density at radius 1 is 0.947 bits per heavy atom. The molecule has 2 aromatic carbocycles. The predicted octanol–water partition coefficient (Wildman–Crippen LogP) is 2.44. The minimum Gasteiger partial charge on any atom is -0.297 e. The van der Waals surface area contributed by atoms with Crippen LogP contribution in [0.15, 0.2) is 60.7 Å². The van der Waals surface area contributed by atoms with Crippen LogP contribution in [0.4, 0.5) is 10.5 Å². The first-order chi connectivity index (χ1) is 9.34. The Balaban J connectivity index is 1.65. The maximum absolute atomic E-state index is 11.4. The third-order valence-electron chi connectivity index (χ3n) is 2.34. The van der Waals surface area contributed by atoms with Gasteiger partial charge in [-0.05, 0) is 17.7 Å². The highest BCUT2D eigenvalue weighted by Gasteiger charge is 1.99. The summed E-state index contributed by atoms with van der Waals surface area (Å²) in [4.78, 5) is 16.5. The highest BCUT2D eigenvalue weighted by atomic mass is 16.7. The Bertz CT molecular complexity index is 503. The molecule has 0 aliphatic heterocycles. The Kier molecular flexibility index (Phi) is 4.78. The number of hydrazine groups is 1. The summed E-state index contributed by atoms with van der Waals surface area (Å²) in [6.07, 6.45) is 0. The third kappa shape index (κ3) is 4.69. The summed E-state index contributed by atoms with van der Waals surface area (Å²) in [6.45, 7) is 0.319. The van der Waals surface area contributed by atoms with E-state index in [2.05, 4.69) is 16.3 Å². The van der Waals surface area contributed by atoms with Crippen molar-refractivity contribution in [3.63, 3.8) is 0 Å². The van der Waals surface area contributed by atoms with Crippen LogP contribution < -0.4 is 16.3 Å². The second-order valence-corrected chi connectivity index (χ2v) is 3.82. The van der Waals surface area contributed by atoms with Gasteiger partial charge in [-0.25, -0.2) is 15.7 Å². The lowest BCUT2D eigenvalue weighted by molar-refractivity contribution is 0.0497. The van der Waals surface area contributed by atoms with Gasteiger partial charge >= 0.3 is 6.03 Å². The fourth-order valence-electron chi connectivity index (χ4n) is 1.44. The van der Waals surface area contributed by atoms with E-state index >= 15 is 0 Å². The normalized spacial score (nSPS) is 9.68. The molecule has 98 valence electrons. The van der Waals surface area contributed by atoms with E-state index in [9.17, 15) is 4.79 Å². The molecule has 0 bridgehead atoms. The molecular formula is C14H15N3O2. The quantitative estimate of drug-likeness (QED) is 0.721. The molecule has 0 spiro atoms. The Hall–Kier alpha value is -2.53. The van der Waals surface area contributed by atoms with Gasteiger partial charge < -0.3 is 0 Å². The Labute approximate surface area is 111 Å². The lowest BCUT2D eigenvalue weighted by Gasteiger charge is -2.09. The smallest absolute Gasteiger partial charge is 0.297 e. The molecule has 2 aromatic rings. The van der Waals surface area contributed by atoms with E-state index in [4.69, 9.17) is 4.84 Å². The molecule has 0 radical (unpaired) electrons. The maximum Gasteiger partial charge on any atom is 0.357 e. The number of urea groups is 1. The maximum atomic E-state index is 11.4. The predicted molar refractivity (Wildman–Crippen MR) is 73.0 cm³/mol. The summed E-state index contributed by atoms with van der Waals surface area (Å²) in [6, 6.07) is 18.4. The minimum absolute atomic E-state index is 0.319. The molecule has 2 rings (SSSR count). The SMILES string of the molecule is O=C(NNc1ccccc1)NOCc1ccccc1. The van der Waals surface area contributed by atoms with Crippen molar-refractivity contribution in [3.8, 4) is 0 Å². The van der Waals surface area contributed by atoms with E-state index in [-0.39, 0.29) is 0 Å². The molecule has 0 aliphatic carbocycles. The average Bonchev–Trinajstić information content (AvgIpc) is 2.47. The molecule has 0 aliphatic rings. The zero-order valence-corrected chi connectivity index (χ0v) is 10.3. The summed E-state index contributed by atoms with van der Waals surface area (Å²) < 4.78 is 0. The van der Waals surface area contributed by atoms with Crippen LogP contribution in [-0.4, -0.2) is 6.03 Å². The second-order valence-electron chi connectivity index (χ2n) is 3.82. The van der Waals surface area contributed by atoms with Crippen molar-refractivity contribution in [3.05, 3.63) is 66.2 Å². The van der Waals surface area contributed by atoms with Gasteiger partial charge in [0.2, 0.25) is 0 Å². The van der Waals surface area contributed by atoms with Crippen LogP contribution in [-0.2, 0) is 11.4 Å². The van der Waals surface area contributed by atoms with Crippen LogP contribution in [0.3, 0.4) is 0 Å². The Morgan fingerprint density at radius 2 is 1.58 bits per heavy atom. The first-order valence-corrected chi connectivity index (χ1v) is 5.87. The van der Waals surface area contributed by atoms with Gasteiger partial charge in [-0.15, -0.1) is 0 Å². The Morgan fingerprint density at radius 3 is 2.26 bits per heavy atom. The molecule has 0 atom stereocenters. The molecule has 0 aromatic heterocycles. The van der Waals surface area contributed by atoms with E-state index < -0.39 is 6.03 Å². The zero-order valence-electron chi connectivity index (χ0n) is 10.3. The number of hydrogen-bond acceptors (Lipinski definition) is 3. The molecule has 0 saturated carbocycles. The van der Waals surface area contributed by atoms with E-state index in [0.717, 1.165) is 11.3 Å². The van der Waals surface area contributed by atoms with Crippen molar-refractivity contribution in [1.82, 2.24) is 10.9 Å². The van der Waals surface area contributed by atoms with Gasteiger partial charge in [0, 0.05) is 0 Å².